The molecule has 6 heteroatoms. The first-order chi connectivity index (χ1) is 13.6. The smallest absolute Gasteiger partial charge is 0.247 e. The minimum atomic E-state index is -0.297. The van der Waals surface area contributed by atoms with Gasteiger partial charge in [0.1, 0.15) is 5.82 Å². The van der Waals surface area contributed by atoms with Crippen LogP contribution in [0.2, 0.25) is 0 Å². The number of hydrogen-bond acceptors (Lipinski definition) is 4. The van der Waals surface area contributed by atoms with Crippen LogP contribution < -0.4 is 14.2 Å². The van der Waals surface area contributed by atoms with Crippen molar-refractivity contribution in [1.82, 2.24) is 4.90 Å². The SMILES string of the molecule is COc1cc(C=CC(=O)N(Cc2ccccc2F)C2CC2)cc(OC)c1OC. The fourth-order valence-electron chi connectivity index (χ4n) is 3.04. The Morgan fingerprint density at radius 3 is 2.29 bits per heavy atom. The van der Waals surface area contributed by atoms with Gasteiger partial charge in [0.2, 0.25) is 11.7 Å². The zero-order valence-corrected chi connectivity index (χ0v) is 16.3. The van der Waals surface area contributed by atoms with Crippen LogP contribution in [-0.4, -0.2) is 38.2 Å². The Morgan fingerprint density at radius 1 is 1.11 bits per heavy atom. The molecule has 0 aromatic heterocycles. The molecule has 2 aromatic carbocycles. The Bertz CT molecular complexity index is 852. The van der Waals surface area contributed by atoms with Gasteiger partial charge in [0.05, 0.1) is 21.3 Å². The lowest BCUT2D eigenvalue weighted by Gasteiger charge is -2.21. The van der Waals surface area contributed by atoms with Crippen molar-refractivity contribution in [1.29, 1.82) is 0 Å². The predicted octanol–water partition coefficient (Wildman–Crippen LogP) is 4.06. The topological polar surface area (TPSA) is 48.0 Å². The predicted molar refractivity (Wildman–Crippen MR) is 105 cm³/mol. The highest BCUT2D eigenvalue weighted by molar-refractivity contribution is 5.92. The number of halogens is 1. The monoisotopic (exact) mass is 385 g/mol. The average molecular weight is 385 g/mol. The Balaban J connectivity index is 1.80. The summed E-state index contributed by atoms with van der Waals surface area (Å²) in [5.74, 6) is 1.07. The molecule has 0 aliphatic heterocycles. The molecule has 0 saturated heterocycles. The van der Waals surface area contributed by atoms with Crippen LogP contribution in [0.25, 0.3) is 6.08 Å². The summed E-state index contributed by atoms with van der Waals surface area (Å²) in [6.07, 6.45) is 5.08. The Hall–Kier alpha value is -3.02. The van der Waals surface area contributed by atoms with Crippen LogP contribution in [0.1, 0.15) is 24.0 Å². The average Bonchev–Trinajstić information content (AvgIpc) is 3.55. The normalized spacial score (nSPS) is 13.4. The molecule has 1 aliphatic carbocycles. The molecule has 3 rings (SSSR count). The Kier molecular flexibility index (Phi) is 6.19. The van der Waals surface area contributed by atoms with E-state index in [1.165, 1.54) is 19.3 Å². The van der Waals surface area contributed by atoms with Gasteiger partial charge in [-0.15, -0.1) is 0 Å². The quantitative estimate of drug-likeness (QED) is 0.643. The first-order valence-corrected chi connectivity index (χ1v) is 9.09. The van der Waals surface area contributed by atoms with Crippen molar-refractivity contribution in [3.05, 3.63) is 59.4 Å². The molecular weight excluding hydrogens is 361 g/mol. The molecule has 1 aliphatic rings. The summed E-state index contributed by atoms with van der Waals surface area (Å²) in [6.45, 7) is 0.260. The minimum Gasteiger partial charge on any atom is -0.493 e. The standard InChI is InChI=1S/C22H24FNO4/c1-26-19-12-15(13-20(27-2)22(19)28-3)8-11-21(25)24(17-9-10-17)14-16-6-4-5-7-18(16)23/h4-8,11-13,17H,9-10,14H2,1-3H3. The molecule has 148 valence electrons. The van der Waals surface area contributed by atoms with Crippen LogP contribution in [0.5, 0.6) is 17.2 Å². The zero-order chi connectivity index (χ0) is 20.1. The Labute approximate surface area is 164 Å². The highest BCUT2D eigenvalue weighted by Crippen LogP contribution is 2.38. The van der Waals surface area contributed by atoms with E-state index in [0.29, 0.717) is 22.8 Å². The third-order valence-corrected chi connectivity index (χ3v) is 4.67. The minimum absolute atomic E-state index is 0.153. The molecule has 1 fully saturated rings. The van der Waals surface area contributed by atoms with E-state index < -0.39 is 0 Å². The van der Waals surface area contributed by atoms with E-state index in [9.17, 15) is 9.18 Å². The van der Waals surface area contributed by atoms with E-state index in [1.54, 1.807) is 55.5 Å². The highest BCUT2D eigenvalue weighted by atomic mass is 19.1. The van der Waals surface area contributed by atoms with Crippen LogP contribution in [0.15, 0.2) is 42.5 Å². The van der Waals surface area contributed by atoms with E-state index in [2.05, 4.69) is 0 Å². The van der Waals surface area contributed by atoms with Gasteiger partial charge in [-0.25, -0.2) is 4.39 Å². The van der Waals surface area contributed by atoms with E-state index in [1.807, 2.05) is 0 Å². The Morgan fingerprint density at radius 2 is 1.75 bits per heavy atom. The van der Waals surface area contributed by atoms with Gasteiger partial charge in [0.25, 0.3) is 0 Å². The fraction of sp³-hybridized carbons (Fsp3) is 0.318. The summed E-state index contributed by atoms with van der Waals surface area (Å²) in [5, 5.41) is 0. The van der Waals surface area contributed by atoms with E-state index in [4.69, 9.17) is 14.2 Å². The van der Waals surface area contributed by atoms with E-state index in [-0.39, 0.29) is 24.3 Å². The molecule has 2 aromatic rings. The number of rotatable bonds is 8. The van der Waals surface area contributed by atoms with Gasteiger partial charge in [0.15, 0.2) is 11.5 Å². The zero-order valence-electron chi connectivity index (χ0n) is 16.3. The van der Waals surface area contributed by atoms with Gasteiger partial charge in [-0.2, -0.15) is 0 Å². The molecule has 0 N–H and O–H groups in total. The van der Waals surface area contributed by atoms with Gasteiger partial charge in [-0.3, -0.25) is 4.79 Å². The summed E-state index contributed by atoms with van der Waals surface area (Å²) in [4.78, 5) is 14.5. The third kappa shape index (κ3) is 4.44. The molecule has 28 heavy (non-hydrogen) atoms. The second-order valence-corrected chi connectivity index (χ2v) is 6.58. The maximum Gasteiger partial charge on any atom is 0.247 e. The summed E-state index contributed by atoms with van der Waals surface area (Å²) in [7, 11) is 4.62. The molecule has 0 bridgehead atoms. The lowest BCUT2D eigenvalue weighted by molar-refractivity contribution is -0.127. The van der Waals surface area contributed by atoms with Crippen LogP contribution in [0, 0.1) is 5.82 Å². The summed E-state index contributed by atoms with van der Waals surface area (Å²) < 4.78 is 30.0. The van der Waals surface area contributed by atoms with Crippen molar-refractivity contribution in [3.63, 3.8) is 0 Å². The molecular formula is C22H24FNO4. The number of carbonyl (C=O) groups is 1. The third-order valence-electron chi connectivity index (χ3n) is 4.67. The number of hydrogen-bond donors (Lipinski definition) is 0. The molecule has 0 atom stereocenters. The molecule has 0 radical (unpaired) electrons. The maximum absolute atomic E-state index is 14.0. The van der Waals surface area contributed by atoms with Gasteiger partial charge < -0.3 is 19.1 Å². The molecule has 0 spiro atoms. The van der Waals surface area contributed by atoms with Crippen LogP contribution in [-0.2, 0) is 11.3 Å². The van der Waals surface area contributed by atoms with Crippen molar-refractivity contribution in [2.45, 2.75) is 25.4 Å². The second kappa shape index (κ2) is 8.78. The molecule has 1 amide bonds. The maximum atomic E-state index is 14.0. The van der Waals surface area contributed by atoms with Gasteiger partial charge >= 0.3 is 0 Å². The second-order valence-electron chi connectivity index (χ2n) is 6.58. The number of methoxy groups -OCH3 is 3. The summed E-state index contributed by atoms with van der Waals surface area (Å²) in [6, 6.07) is 10.2. The lowest BCUT2D eigenvalue weighted by atomic mass is 10.1. The highest BCUT2D eigenvalue weighted by Gasteiger charge is 2.32. The van der Waals surface area contributed by atoms with E-state index >= 15 is 0 Å². The van der Waals surface area contributed by atoms with Crippen molar-refractivity contribution in [3.8, 4) is 17.2 Å². The van der Waals surface area contributed by atoms with Crippen molar-refractivity contribution in [2.24, 2.45) is 0 Å². The van der Waals surface area contributed by atoms with Crippen LogP contribution in [0.3, 0.4) is 0 Å². The van der Waals surface area contributed by atoms with Gasteiger partial charge in [-0.1, -0.05) is 18.2 Å². The number of amides is 1. The van der Waals surface area contributed by atoms with Crippen molar-refractivity contribution in [2.75, 3.05) is 21.3 Å². The number of nitrogens with zero attached hydrogens (tertiary/aromatic N) is 1. The number of benzene rings is 2. The van der Waals surface area contributed by atoms with Crippen molar-refractivity contribution >= 4 is 12.0 Å². The van der Waals surface area contributed by atoms with Crippen LogP contribution >= 0.6 is 0 Å². The molecule has 0 heterocycles. The van der Waals surface area contributed by atoms with Gasteiger partial charge in [-0.05, 0) is 42.7 Å². The van der Waals surface area contributed by atoms with Crippen molar-refractivity contribution < 1.29 is 23.4 Å². The molecule has 0 unspecified atom stereocenters. The lowest BCUT2D eigenvalue weighted by Crippen LogP contribution is -2.31. The number of carbonyl (C=O) groups excluding carboxylic acids is 1. The van der Waals surface area contributed by atoms with E-state index in [0.717, 1.165) is 18.4 Å². The molecule has 5 nitrogen and oxygen atoms in total. The fourth-order valence-corrected chi connectivity index (χ4v) is 3.04. The number of ether oxygens (including phenoxy) is 3. The summed E-state index contributed by atoms with van der Waals surface area (Å²) in [5.41, 5.74) is 1.26. The summed E-state index contributed by atoms with van der Waals surface area (Å²) >= 11 is 0. The molecule has 1 saturated carbocycles. The first kappa shape index (κ1) is 19.7. The van der Waals surface area contributed by atoms with Gasteiger partial charge in [0, 0.05) is 24.2 Å². The first-order valence-electron chi connectivity index (χ1n) is 9.09. The van der Waals surface area contributed by atoms with Crippen LogP contribution in [0.4, 0.5) is 4.39 Å². The largest absolute Gasteiger partial charge is 0.493 e.